The Balaban J connectivity index is 1.95. The third kappa shape index (κ3) is 6.64. The molecule has 0 spiro atoms. The summed E-state index contributed by atoms with van der Waals surface area (Å²) in [4.78, 5) is 36.2. The Morgan fingerprint density at radius 1 is 0.966 bits per heavy atom. The summed E-state index contributed by atoms with van der Waals surface area (Å²) in [5.41, 5.74) is 3.26. The summed E-state index contributed by atoms with van der Waals surface area (Å²) in [6.45, 7) is 8.14. The van der Waals surface area contributed by atoms with Gasteiger partial charge in [-0.1, -0.05) is 6.07 Å². The predicted octanol–water partition coefficient (Wildman–Crippen LogP) is 2.93. The van der Waals surface area contributed by atoms with E-state index in [2.05, 4.69) is 21.3 Å². The summed E-state index contributed by atoms with van der Waals surface area (Å²) < 4.78 is 0. The van der Waals surface area contributed by atoms with Crippen molar-refractivity contribution < 1.29 is 14.4 Å². The molecule has 0 bridgehead atoms. The summed E-state index contributed by atoms with van der Waals surface area (Å²) in [5, 5.41) is 11.4. The van der Waals surface area contributed by atoms with Crippen LogP contribution in [0.4, 0.5) is 11.4 Å². The van der Waals surface area contributed by atoms with Crippen molar-refractivity contribution >= 4 is 29.1 Å². The number of carbonyl (C=O) groups is 3. The highest BCUT2D eigenvalue weighted by molar-refractivity contribution is 5.98. The van der Waals surface area contributed by atoms with Crippen LogP contribution in [-0.4, -0.2) is 36.9 Å². The second kappa shape index (κ2) is 10.3. The normalized spacial score (nSPS) is 10.4. The number of rotatable bonds is 8. The predicted molar refractivity (Wildman–Crippen MR) is 115 cm³/mol. The molecule has 0 aliphatic heterocycles. The molecule has 0 aliphatic rings. The molecule has 154 valence electrons. The number of hydrogen-bond acceptors (Lipinski definition) is 4. The monoisotopic (exact) mass is 396 g/mol. The second-order valence-corrected chi connectivity index (χ2v) is 7.00. The number of benzene rings is 2. The van der Waals surface area contributed by atoms with Crippen molar-refractivity contribution in [1.29, 1.82) is 0 Å². The Labute approximate surface area is 171 Å². The van der Waals surface area contributed by atoms with Crippen molar-refractivity contribution in [3.63, 3.8) is 0 Å². The van der Waals surface area contributed by atoms with E-state index in [9.17, 15) is 14.4 Å². The van der Waals surface area contributed by atoms with Crippen LogP contribution in [0.5, 0.6) is 0 Å². The Morgan fingerprint density at radius 3 is 2.34 bits per heavy atom. The topological polar surface area (TPSA) is 99.3 Å². The summed E-state index contributed by atoms with van der Waals surface area (Å²) in [7, 11) is 0. The average Bonchev–Trinajstić information content (AvgIpc) is 2.67. The molecule has 7 nitrogen and oxygen atoms in total. The van der Waals surface area contributed by atoms with Gasteiger partial charge in [-0.25, -0.2) is 0 Å². The van der Waals surface area contributed by atoms with E-state index in [1.165, 1.54) is 0 Å². The lowest BCUT2D eigenvalue weighted by molar-refractivity contribution is -0.114. The molecule has 2 aromatic carbocycles. The van der Waals surface area contributed by atoms with E-state index in [0.29, 0.717) is 23.4 Å². The molecule has 0 radical (unpaired) electrons. The minimum atomic E-state index is -0.237. The van der Waals surface area contributed by atoms with Gasteiger partial charge in [0.15, 0.2) is 0 Å². The Morgan fingerprint density at radius 2 is 1.69 bits per heavy atom. The zero-order valence-electron chi connectivity index (χ0n) is 17.3. The molecule has 0 aliphatic carbocycles. The van der Waals surface area contributed by atoms with Gasteiger partial charge in [-0.15, -0.1) is 0 Å². The van der Waals surface area contributed by atoms with Crippen LogP contribution in [0.25, 0.3) is 0 Å². The van der Waals surface area contributed by atoms with Gasteiger partial charge in [-0.3, -0.25) is 14.4 Å². The van der Waals surface area contributed by atoms with Gasteiger partial charge in [0.25, 0.3) is 11.8 Å². The lowest BCUT2D eigenvalue weighted by atomic mass is 10.1. The van der Waals surface area contributed by atoms with Crippen LogP contribution in [0, 0.1) is 6.92 Å². The highest BCUT2D eigenvalue weighted by Gasteiger charge is 2.10. The van der Waals surface area contributed by atoms with Crippen LogP contribution >= 0.6 is 0 Å². The molecule has 4 N–H and O–H groups in total. The molecule has 7 heteroatoms. The third-order valence-electron chi connectivity index (χ3n) is 4.09. The number of aryl methyl sites for hydroxylation is 1. The standard InChI is InChI=1S/C22H28N4O3/c1-5-23-21(28)16-7-6-8-18(12-16)26-20(27)13-24-19-10-9-17(11-15(19)4)22(29)25-14(2)3/h6-12,14,24H,5,13H2,1-4H3,(H,23,28)(H,25,29)(H,26,27). The van der Waals surface area contributed by atoms with Gasteiger partial charge in [0.05, 0.1) is 6.54 Å². The molecule has 0 atom stereocenters. The van der Waals surface area contributed by atoms with E-state index in [4.69, 9.17) is 0 Å². The van der Waals surface area contributed by atoms with E-state index in [0.717, 1.165) is 11.3 Å². The molecule has 0 unspecified atom stereocenters. The van der Waals surface area contributed by atoms with Gasteiger partial charge in [0, 0.05) is 35.1 Å². The molecule has 0 saturated carbocycles. The summed E-state index contributed by atoms with van der Waals surface area (Å²) in [6.07, 6.45) is 0. The summed E-state index contributed by atoms with van der Waals surface area (Å²) >= 11 is 0. The molecule has 29 heavy (non-hydrogen) atoms. The van der Waals surface area contributed by atoms with Gasteiger partial charge >= 0.3 is 0 Å². The second-order valence-electron chi connectivity index (χ2n) is 7.00. The molecule has 0 fully saturated rings. The fraction of sp³-hybridized carbons (Fsp3) is 0.318. The van der Waals surface area contributed by atoms with Gasteiger partial charge in [-0.2, -0.15) is 0 Å². The van der Waals surface area contributed by atoms with E-state index in [1.54, 1.807) is 42.5 Å². The molecular formula is C22H28N4O3. The van der Waals surface area contributed by atoms with Crippen molar-refractivity contribution in [3.8, 4) is 0 Å². The zero-order valence-corrected chi connectivity index (χ0v) is 17.3. The number of nitrogens with one attached hydrogen (secondary N) is 4. The number of amides is 3. The van der Waals surface area contributed by atoms with Gasteiger partial charge in [-0.05, 0) is 69.7 Å². The van der Waals surface area contributed by atoms with Crippen molar-refractivity contribution in [2.24, 2.45) is 0 Å². The molecular weight excluding hydrogens is 368 g/mol. The summed E-state index contributed by atoms with van der Waals surface area (Å²) in [6, 6.07) is 12.1. The maximum atomic E-state index is 12.3. The lowest BCUT2D eigenvalue weighted by Gasteiger charge is -2.13. The first kappa shape index (κ1) is 21.9. The number of carbonyl (C=O) groups excluding carboxylic acids is 3. The highest BCUT2D eigenvalue weighted by atomic mass is 16.2. The average molecular weight is 396 g/mol. The quantitative estimate of drug-likeness (QED) is 0.551. The van der Waals surface area contributed by atoms with Crippen LogP contribution in [0.1, 0.15) is 47.1 Å². The first-order valence-electron chi connectivity index (χ1n) is 9.63. The van der Waals surface area contributed by atoms with Crippen molar-refractivity contribution in [2.75, 3.05) is 23.7 Å². The Hall–Kier alpha value is -3.35. The van der Waals surface area contributed by atoms with Crippen LogP contribution in [-0.2, 0) is 4.79 Å². The SMILES string of the molecule is CCNC(=O)c1cccc(NC(=O)CNc2ccc(C(=O)NC(C)C)cc2C)c1. The Bertz CT molecular complexity index is 893. The van der Waals surface area contributed by atoms with Crippen LogP contribution < -0.4 is 21.3 Å². The van der Waals surface area contributed by atoms with Crippen molar-refractivity contribution in [1.82, 2.24) is 10.6 Å². The third-order valence-corrected chi connectivity index (χ3v) is 4.09. The molecule has 0 heterocycles. The van der Waals surface area contributed by atoms with E-state index < -0.39 is 0 Å². The fourth-order valence-corrected chi connectivity index (χ4v) is 2.73. The van der Waals surface area contributed by atoms with Gasteiger partial charge in [0.1, 0.15) is 0 Å². The Kier molecular flexibility index (Phi) is 7.77. The van der Waals surface area contributed by atoms with E-state index in [-0.39, 0.29) is 30.3 Å². The first-order chi connectivity index (χ1) is 13.8. The van der Waals surface area contributed by atoms with Crippen molar-refractivity contribution in [3.05, 3.63) is 59.2 Å². The zero-order chi connectivity index (χ0) is 21.4. The first-order valence-corrected chi connectivity index (χ1v) is 9.63. The van der Waals surface area contributed by atoms with Crippen LogP contribution in [0.3, 0.4) is 0 Å². The lowest BCUT2D eigenvalue weighted by Crippen LogP contribution is -2.30. The molecule has 3 amide bonds. The van der Waals surface area contributed by atoms with Gasteiger partial charge in [0.2, 0.25) is 5.91 Å². The highest BCUT2D eigenvalue weighted by Crippen LogP contribution is 2.17. The minimum absolute atomic E-state index is 0.0593. The minimum Gasteiger partial charge on any atom is -0.376 e. The molecule has 0 saturated heterocycles. The van der Waals surface area contributed by atoms with Gasteiger partial charge < -0.3 is 21.3 Å². The fourth-order valence-electron chi connectivity index (χ4n) is 2.73. The molecule has 0 aromatic heterocycles. The van der Waals surface area contributed by atoms with Crippen LogP contribution in [0.2, 0.25) is 0 Å². The number of anilines is 2. The van der Waals surface area contributed by atoms with E-state index in [1.807, 2.05) is 27.7 Å². The maximum Gasteiger partial charge on any atom is 0.251 e. The largest absolute Gasteiger partial charge is 0.376 e. The molecule has 2 aromatic rings. The molecule has 2 rings (SSSR count). The maximum absolute atomic E-state index is 12.3. The number of hydrogen-bond donors (Lipinski definition) is 4. The van der Waals surface area contributed by atoms with Crippen molar-refractivity contribution in [2.45, 2.75) is 33.7 Å². The smallest absolute Gasteiger partial charge is 0.251 e. The van der Waals surface area contributed by atoms with E-state index >= 15 is 0 Å². The summed E-state index contributed by atoms with van der Waals surface area (Å²) in [5.74, 6) is -0.544. The van der Waals surface area contributed by atoms with Crippen LogP contribution in [0.15, 0.2) is 42.5 Å².